The van der Waals surface area contributed by atoms with Crippen molar-refractivity contribution in [2.45, 2.75) is 39.7 Å². The fraction of sp³-hybridized carbons (Fsp3) is 0.714. The lowest BCUT2D eigenvalue weighted by molar-refractivity contribution is 0.401. The van der Waals surface area contributed by atoms with Crippen LogP contribution in [0.3, 0.4) is 0 Å². The SMILES string of the molecule is CN[C@@H]1CCN(c2cc(N)nc(CC(C)(C)C)n2)C1. The average molecular weight is 263 g/mol. The number of hydrogen-bond acceptors (Lipinski definition) is 5. The van der Waals surface area contributed by atoms with Crippen molar-refractivity contribution in [2.75, 3.05) is 30.8 Å². The normalized spacial score (nSPS) is 20.0. The predicted octanol–water partition coefficient (Wildman–Crippen LogP) is 1.45. The second-order valence-electron chi connectivity index (χ2n) is 6.52. The first-order valence-corrected chi connectivity index (χ1v) is 6.93. The summed E-state index contributed by atoms with van der Waals surface area (Å²) in [5, 5.41) is 3.31. The highest BCUT2D eigenvalue weighted by molar-refractivity contribution is 5.48. The summed E-state index contributed by atoms with van der Waals surface area (Å²) in [7, 11) is 2.01. The Labute approximate surface area is 115 Å². The maximum Gasteiger partial charge on any atom is 0.134 e. The van der Waals surface area contributed by atoms with Crippen molar-refractivity contribution in [3.05, 3.63) is 11.9 Å². The van der Waals surface area contributed by atoms with Crippen molar-refractivity contribution < 1.29 is 0 Å². The number of nitrogens with two attached hydrogens (primary N) is 1. The van der Waals surface area contributed by atoms with Gasteiger partial charge in [-0.1, -0.05) is 20.8 Å². The van der Waals surface area contributed by atoms with Crippen LogP contribution in [0.4, 0.5) is 11.6 Å². The van der Waals surface area contributed by atoms with Crippen molar-refractivity contribution >= 4 is 11.6 Å². The van der Waals surface area contributed by atoms with Gasteiger partial charge < -0.3 is 16.0 Å². The minimum atomic E-state index is 0.170. The van der Waals surface area contributed by atoms with Gasteiger partial charge in [0.15, 0.2) is 0 Å². The van der Waals surface area contributed by atoms with E-state index in [1.54, 1.807) is 0 Å². The molecule has 5 heteroatoms. The summed E-state index contributed by atoms with van der Waals surface area (Å²) in [6, 6.07) is 2.42. The summed E-state index contributed by atoms with van der Waals surface area (Å²) in [5.74, 6) is 2.37. The van der Waals surface area contributed by atoms with E-state index in [0.29, 0.717) is 11.9 Å². The number of nitrogens with one attached hydrogen (secondary N) is 1. The van der Waals surface area contributed by atoms with Crippen LogP contribution in [-0.2, 0) is 6.42 Å². The molecular formula is C14H25N5. The molecule has 0 saturated carbocycles. The fourth-order valence-corrected chi connectivity index (χ4v) is 2.42. The van der Waals surface area contributed by atoms with E-state index >= 15 is 0 Å². The molecule has 1 aromatic heterocycles. The predicted molar refractivity (Wildman–Crippen MR) is 79.3 cm³/mol. The van der Waals surface area contributed by atoms with Crippen LogP contribution in [0, 0.1) is 5.41 Å². The number of nitrogen functional groups attached to an aromatic ring is 1. The molecule has 1 saturated heterocycles. The van der Waals surface area contributed by atoms with Gasteiger partial charge in [0.05, 0.1) is 0 Å². The molecule has 1 aromatic rings. The van der Waals surface area contributed by atoms with Crippen molar-refractivity contribution in [1.29, 1.82) is 0 Å². The van der Waals surface area contributed by atoms with Crippen LogP contribution in [0.25, 0.3) is 0 Å². The van der Waals surface area contributed by atoms with Gasteiger partial charge in [0.2, 0.25) is 0 Å². The first-order valence-electron chi connectivity index (χ1n) is 6.93. The second kappa shape index (κ2) is 5.33. The van der Waals surface area contributed by atoms with Crippen molar-refractivity contribution in [3.8, 4) is 0 Å². The van der Waals surface area contributed by atoms with Crippen molar-refractivity contribution in [3.63, 3.8) is 0 Å². The van der Waals surface area contributed by atoms with Gasteiger partial charge in [-0.3, -0.25) is 0 Å². The van der Waals surface area contributed by atoms with Gasteiger partial charge in [0, 0.05) is 31.6 Å². The highest BCUT2D eigenvalue weighted by Crippen LogP contribution is 2.23. The zero-order valence-corrected chi connectivity index (χ0v) is 12.4. The maximum absolute atomic E-state index is 5.92. The Hall–Kier alpha value is -1.36. The van der Waals surface area contributed by atoms with Crippen LogP contribution in [0.2, 0.25) is 0 Å². The van der Waals surface area contributed by atoms with E-state index in [-0.39, 0.29) is 5.41 Å². The lowest BCUT2D eigenvalue weighted by atomic mass is 9.92. The molecule has 2 rings (SSSR count). The van der Waals surface area contributed by atoms with Gasteiger partial charge in [0.1, 0.15) is 17.5 Å². The van der Waals surface area contributed by atoms with Crippen molar-refractivity contribution in [2.24, 2.45) is 5.41 Å². The third-order valence-electron chi connectivity index (χ3n) is 3.39. The van der Waals surface area contributed by atoms with E-state index in [9.17, 15) is 0 Å². The van der Waals surface area contributed by atoms with Crippen molar-refractivity contribution in [1.82, 2.24) is 15.3 Å². The molecule has 0 bridgehead atoms. The third kappa shape index (κ3) is 3.80. The Morgan fingerprint density at radius 1 is 1.42 bits per heavy atom. The fourth-order valence-electron chi connectivity index (χ4n) is 2.42. The Morgan fingerprint density at radius 2 is 2.16 bits per heavy atom. The molecular weight excluding hydrogens is 238 g/mol. The summed E-state index contributed by atoms with van der Waals surface area (Å²) in [6.07, 6.45) is 1.99. The highest BCUT2D eigenvalue weighted by atomic mass is 15.2. The number of hydrogen-bond donors (Lipinski definition) is 2. The smallest absolute Gasteiger partial charge is 0.134 e. The maximum atomic E-state index is 5.92. The van der Waals surface area contributed by atoms with E-state index in [1.165, 1.54) is 0 Å². The summed E-state index contributed by atoms with van der Waals surface area (Å²) in [4.78, 5) is 11.3. The van der Waals surface area contributed by atoms with Crippen LogP contribution in [0.5, 0.6) is 0 Å². The van der Waals surface area contributed by atoms with Gasteiger partial charge in [-0.2, -0.15) is 0 Å². The molecule has 1 aliphatic rings. The van der Waals surface area contributed by atoms with Crippen LogP contribution < -0.4 is 16.0 Å². The minimum Gasteiger partial charge on any atom is -0.384 e. The summed E-state index contributed by atoms with van der Waals surface area (Å²) >= 11 is 0. The zero-order chi connectivity index (χ0) is 14.0. The van der Waals surface area contributed by atoms with Gasteiger partial charge in [0.25, 0.3) is 0 Å². The van der Waals surface area contributed by atoms with E-state index in [1.807, 2.05) is 13.1 Å². The highest BCUT2D eigenvalue weighted by Gasteiger charge is 2.23. The number of rotatable bonds is 3. The third-order valence-corrected chi connectivity index (χ3v) is 3.39. The van der Waals surface area contributed by atoms with E-state index in [0.717, 1.165) is 37.6 Å². The Balaban J connectivity index is 2.17. The van der Waals surface area contributed by atoms with Crippen LogP contribution in [-0.4, -0.2) is 36.1 Å². The molecule has 0 amide bonds. The van der Waals surface area contributed by atoms with E-state index in [4.69, 9.17) is 5.73 Å². The number of anilines is 2. The molecule has 0 unspecified atom stereocenters. The molecule has 2 heterocycles. The largest absolute Gasteiger partial charge is 0.384 e. The standard InChI is InChI=1S/C14H25N5/c1-14(2,3)8-12-17-11(15)7-13(18-12)19-6-5-10(9-19)16-4/h7,10,16H,5-6,8-9H2,1-4H3,(H2,15,17,18)/t10-/m1/s1. The average Bonchev–Trinajstić information content (AvgIpc) is 2.74. The van der Waals surface area contributed by atoms with Gasteiger partial charge in [-0.05, 0) is 18.9 Å². The Kier molecular flexibility index (Phi) is 3.94. The monoisotopic (exact) mass is 263 g/mol. The molecule has 0 aromatic carbocycles. The number of nitrogens with zero attached hydrogens (tertiary/aromatic N) is 3. The molecule has 1 fully saturated rings. The zero-order valence-electron chi connectivity index (χ0n) is 12.4. The molecule has 5 nitrogen and oxygen atoms in total. The summed E-state index contributed by atoms with van der Waals surface area (Å²) in [5.41, 5.74) is 6.09. The van der Waals surface area contributed by atoms with E-state index < -0.39 is 0 Å². The van der Waals surface area contributed by atoms with Crippen LogP contribution >= 0.6 is 0 Å². The van der Waals surface area contributed by atoms with Gasteiger partial charge in [-0.15, -0.1) is 0 Å². The van der Waals surface area contributed by atoms with Gasteiger partial charge >= 0.3 is 0 Å². The van der Waals surface area contributed by atoms with E-state index in [2.05, 4.69) is 41.0 Å². The first kappa shape index (κ1) is 14.1. The number of likely N-dealkylation sites (N-methyl/N-ethyl adjacent to an activating group) is 1. The molecule has 0 radical (unpaired) electrons. The minimum absolute atomic E-state index is 0.170. The summed E-state index contributed by atoms with van der Waals surface area (Å²) in [6.45, 7) is 8.57. The van der Waals surface area contributed by atoms with Gasteiger partial charge in [-0.25, -0.2) is 9.97 Å². The lowest BCUT2D eigenvalue weighted by Gasteiger charge is -2.21. The Bertz CT molecular complexity index is 438. The molecule has 3 N–H and O–H groups in total. The number of aromatic nitrogens is 2. The molecule has 19 heavy (non-hydrogen) atoms. The molecule has 0 aliphatic carbocycles. The second-order valence-corrected chi connectivity index (χ2v) is 6.52. The summed E-state index contributed by atoms with van der Waals surface area (Å²) < 4.78 is 0. The topological polar surface area (TPSA) is 67.1 Å². The molecule has 1 atom stereocenters. The molecule has 0 spiro atoms. The Morgan fingerprint density at radius 3 is 2.74 bits per heavy atom. The molecule has 106 valence electrons. The van der Waals surface area contributed by atoms with Crippen LogP contribution in [0.15, 0.2) is 6.07 Å². The van der Waals surface area contributed by atoms with Crippen LogP contribution in [0.1, 0.15) is 33.0 Å². The lowest BCUT2D eigenvalue weighted by Crippen LogP contribution is -2.30. The quantitative estimate of drug-likeness (QED) is 0.864. The first-order chi connectivity index (χ1) is 8.87. The molecule has 1 aliphatic heterocycles.